The molecule has 0 bridgehead atoms. The van der Waals surface area contributed by atoms with E-state index in [1.165, 1.54) is 31.4 Å². The maximum Gasteiger partial charge on any atom is 0.460 e. The first-order chi connectivity index (χ1) is 11.9. The standard InChI is InChI=1S/C13H8F7N3O2S/c1-25-7-4-2-3-6(5-7)8(24)21-10-23-22-9(26-10)11(14,15)12(16,17)13(18,19)20/h2-5H,1H3,(H,21,23,24). The third kappa shape index (κ3) is 3.57. The molecule has 1 heterocycles. The van der Waals surface area contributed by atoms with Crippen LogP contribution in [0.25, 0.3) is 0 Å². The molecule has 0 unspecified atom stereocenters. The summed E-state index contributed by atoms with van der Waals surface area (Å²) in [6, 6.07) is 5.56. The van der Waals surface area contributed by atoms with Gasteiger partial charge in [-0.1, -0.05) is 17.4 Å². The van der Waals surface area contributed by atoms with Crippen molar-refractivity contribution < 1.29 is 40.3 Å². The first-order valence-electron chi connectivity index (χ1n) is 6.52. The lowest BCUT2D eigenvalue weighted by Crippen LogP contribution is -2.50. The summed E-state index contributed by atoms with van der Waals surface area (Å²) in [7, 11) is 1.33. The lowest BCUT2D eigenvalue weighted by molar-refractivity contribution is -0.359. The normalized spacial score (nSPS) is 12.8. The van der Waals surface area contributed by atoms with Gasteiger partial charge in [-0.3, -0.25) is 10.1 Å². The molecule has 0 fully saturated rings. The van der Waals surface area contributed by atoms with Gasteiger partial charge in [-0.2, -0.15) is 30.7 Å². The van der Waals surface area contributed by atoms with Gasteiger partial charge in [0.25, 0.3) is 5.91 Å². The van der Waals surface area contributed by atoms with Gasteiger partial charge in [0, 0.05) is 5.56 Å². The van der Waals surface area contributed by atoms with Gasteiger partial charge >= 0.3 is 18.0 Å². The molecule has 0 saturated carbocycles. The van der Waals surface area contributed by atoms with Crippen molar-refractivity contribution in [3.63, 3.8) is 0 Å². The minimum absolute atomic E-state index is 0.00785. The van der Waals surface area contributed by atoms with Gasteiger partial charge in [-0.15, -0.1) is 10.2 Å². The van der Waals surface area contributed by atoms with E-state index in [-0.39, 0.29) is 16.9 Å². The van der Waals surface area contributed by atoms with Gasteiger partial charge in [0.1, 0.15) is 5.75 Å². The van der Waals surface area contributed by atoms with Crippen molar-refractivity contribution in [3.8, 4) is 5.75 Å². The summed E-state index contributed by atoms with van der Waals surface area (Å²) in [5.74, 6) is -12.6. The summed E-state index contributed by atoms with van der Waals surface area (Å²) in [5.41, 5.74) is 0.00785. The van der Waals surface area contributed by atoms with Crippen LogP contribution in [0.15, 0.2) is 24.3 Å². The van der Waals surface area contributed by atoms with Crippen LogP contribution in [-0.4, -0.2) is 35.3 Å². The van der Waals surface area contributed by atoms with Crippen LogP contribution < -0.4 is 10.1 Å². The predicted octanol–water partition coefficient (Wildman–Crippen LogP) is 4.09. The summed E-state index contributed by atoms with van der Waals surface area (Å²) in [6.45, 7) is 0. The lowest BCUT2D eigenvalue weighted by atomic mass is 10.2. The lowest BCUT2D eigenvalue weighted by Gasteiger charge is -2.25. The fourth-order valence-electron chi connectivity index (χ4n) is 1.65. The van der Waals surface area contributed by atoms with E-state index in [0.29, 0.717) is 5.75 Å². The second-order valence-corrected chi connectivity index (χ2v) is 5.72. The fourth-order valence-corrected chi connectivity index (χ4v) is 2.39. The van der Waals surface area contributed by atoms with E-state index in [0.717, 1.165) is 0 Å². The highest BCUT2D eigenvalue weighted by molar-refractivity contribution is 7.15. The minimum atomic E-state index is -6.49. The molecule has 0 aliphatic heterocycles. The molecular weight excluding hydrogens is 395 g/mol. The van der Waals surface area contributed by atoms with Gasteiger partial charge in [0.15, 0.2) is 5.01 Å². The van der Waals surface area contributed by atoms with Gasteiger partial charge < -0.3 is 4.74 Å². The molecule has 2 rings (SSSR count). The first kappa shape index (κ1) is 19.9. The van der Waals surface area contributed by atoms with E-state index in [2.05, 4.69) is 10.2 Å². The van der Waals surface area contributed by atoms with Crippen molar-refractivity contribution in [1.82, 2.24) is 10.2 Å². The average molecular weight is 403 g/mol. The summed E-state index contributed by atoms with van der Waals surface area (Å²) < 4.78 is 94.4. The van der Waals surface area contributed by atoms with Gasteiger partial charge in [0.05, 0.1) is 7.11 Å². The van der Waals surface area contributed by atoms with Crippen molar-refractivity contribution >= 4 is 22.4 Å². The molecule has 2 aromatic rings. The molecule has 26 heavy (non-hydrogen) atoms. The predicted molar refractivity (Wildman–Crippen MR) is 75.8 cm³/mol. The van der Waals surface area contributed by atoms with Crippen LogP contribution in [-0.2, 0) is 5.92 Å². The molecule has 0 radical (unpaired) electrons. The molecule has 142 valence electrons. The number of ether oxygens (including phenoxy) is 1. The second kappa shape index (κ2) is 6.70. The number of nitrogens with one attached hydrogen (secondary N) is 1. The molecule has 0 atom stereocenters. The van der Waals surface area contributed by atoms with Crippen molar-refractivity contribution in [3.05, 3.63) is 34.8 Å². The average Bonchev–Trinajstić information content (AvgIpc) is 3.02. The number of benzene rings is 1. The van der Waals surface area contributed by atoms with Crippen molar-refractivity contribution in [2.45, 2.75) is 18.0 Å². The largest absolute Gasteiger partial charge is 0.497 e. The van der Waals surface area contributed by atoms with Crippen molar-refractivity contribution in [2.75, 3.05) is 12.4 Å². The van der Waals surface area contributed by atoms with E-state index >= 15 is 0 Å². The molecule has 0 aliphatic rings. The van der Waals surface area contributed by atoms with Crippen LogP contribution in [0.2, 0.25) is 0 Å². The Balaban J connectivity index is 2.23. The van der Waals surface area contributed by atoms with Gasteiger partial charge in [-0.25, -0.2) is 0 Å². The summed E-state index contributed by atoms with van der Waals surface area (Å²) in [4.78, 5) is 12.0. The maximum atomic E-state index is 13.5. The molecule has 1 aromatic carbocycles. The maximum absolute atomic E-state index is 13.5. The Morgan fingerprint density at radius 1 is 1.12 bits per heavy atom. The molecular formula is C13H8F7N3O2S. The van der Waals surface area contributed by atoms with E-state index < -0.39 is 34.1 Å². The molecule has 1 aromatic heterocycles. The highest BCUT2D eigenvalue weighted by Crippen LogP contribution is 2.52. The Hall–Kier alpha value is -2.44. The number of halogens is 7. The zero-order valence-corrected chi connectivity index (χ0v) is 13.4. The van der Waals surface area contributed by atoms with Crippen molar-refractivity contribution in [1.29, 1.82) is 0 Å². The Morgan fingerprint density at radius 2 is 1.77 bits per heavy atom. The van der Waals surface area contributed by atoms with Crippen molar-refractivity contribution in [2.24, 2.45) is 0 Å². The summed E-state index contributed by atoms with van der Waals surface area (Å²) in [5, 5.41) is 5.08. The Bertz CT molecular complexity index is 807. The Morgan fingerprint density at radius 3 is 2.35 bits per heavy atom. The molecule has 1 N–H and O–H groups in total. The van der Waals surface area contributed by atoms with E-state index in [4.69, 9.17) is 4.74 Å². The number of aromatic nitrogens is 2. The smallest absolute Gasteiger partial charge is 0.460 e. The molecule has 1 amide bonds. The zero-order chi connectivity index (χ0) is 19.8. The fraction of sp³-hybridized carbons (Fsp3) is 0.308. The molecule has 13 heteroatoms. The molecule has 0 spiro atoms. The number of amides is 1. The van der Waals surface area contributed by atoms with E-state index in [9.17, 15) is 35.5 Å². The van der Waals surface area contributed by atoms with Crippen LogP contribution >= 0.6 is 11.3 Å². The van der Waals surface area contributed by atoms with Crippen LogP contribution in [0.1, 0.15) is 15.4 Å². The Kier molecular flexibility index (Phi) is 5.12. The number of carbonyl (C=O) groups excluding carboxylic acids is 1. The number of hydrogen-bond donors (Lipinski definition) is 1. The number of anilines is 1. The first-order valence-corrected chi connectivity index (χ1v) is 7.33. The third-order valence-corrected chi connectivity index (χ3v) is 3.90. The van der Waals surface area contributed by atoms with Gasteiger partial charge in [0.2, 0.25) is 5.13 Å². The number of nitrogens with zero attached hydrogens (tertiary/aromatic N) is 2. The van der Waals surface area contributed by atoms with Crippen LogP contribution in [0.5, 0.6) is 5.75 Å². The van der Waals surface area contributed by atoms with E-state index in [1.54, 1.807) is 0 Å². The highest BCUT2D eigenvalue weighted by atomic mass is 32.1. The number of alkyl halides is 7. The monoisotopic (exact) mass is 403 g/mol. The number of hydrogen-bond acceptors (Lipinski definition) is 5. The Labute approximate surface area is 144 Å². The van der Waals surface area contributed by atoms with Gasteiger partial charge in [-0.05, 0) is 18.2 Å². The molecule has 0 aliphatic carbocycles. The minimum Gasteiger partial charge on any atom is -0.497 e. The second-order valence-electron chi connectivity index (χ2n) is 4.74. The number of methoxy groups -OCH3 is 1. The number of rotatable bonds is 5. The highest BCUT2D eigenvalue weighted by Gasteiger charge is 2.75. The van der Waals surface area contributed by atoms with E-state index in [1.807, 2.05) is 5.32 Å². The SMILES string of the molecule is COc1cccc(C(=O)Nc2nnc(C(F)(F)C(F)(F)C(F)(F)F)s2)c1. The van der Waals surface area contributed by atoms with Crippen LogP contribution in [0.3, 0.4) is 0 Å². The quantitative estimate of drug-likeness (QED) is 0.764. The topological polar surface area (TPSA) is 64.1 Å². The third-order valence-electron chi connectivity index (χ3n) is 3.00. The zero-order valence-electron chi connectivity index (χ0n) is 12.6. The van der Waals surface area contributed by atoms with Crippen LogP contribution in [0.4, 0.5) is 35.9 Å². The number of carbonyl (C=O) groups is 1. The van der Waals surface area contributed by atoms with Crippen LogP contribution in [0, 0.1) is 0 Å². The molecule has 0 saturated heterocycles. The molecule has 5 nitrogen and oxygen atoms in total. The summed E-state index contributed by atoms with van der Waals surface area (Å²) >= 11 is -0.300. The summed E-state index contributed by atoms with van der Waals surface area (Å²) in [6.07, 6.45) is -6.49.